The summed E-state index contributed by atoms with van der Waals surface area (Å²) in [6, 6.07) is 13.1. The van der Waals surface area contributed by atoms with Gasteiger partial charge in [-0.2, -0.15) is 5.10 Å². The highest BCUT2D eigenvalue weighted by atomic mass is 19.1. The number of aromatic nitrogens is 2. The van der Waals surface area contributed by atoms with Crippen molar-refractivity contribution in [2.45, 2.75) is 19.5 Å². The summed E-state index contributed by atoms with van der Waals surface area (Å²) in [5.41, 5.74) is 0.746. The third-order valence-corrected chi connectivity index (χ3v) is 4.70. The summed E-state index contributed by atoms with van der Waals surface area (Å²) < 4.78 is 14.9. The van der Waals surface area contributed by atoms with Gasteiger partial charge in [0.15, 0.2) is 5.69 Å². The Morgan fingerprint density at radius 3 is 2.54 bits per heavy atom. The van der Waals surface area contributed by atoms with Crippen molar-refractivity contribution in [3.8, 4) is 0 Å². The van der Waals surface area contributed by atoms with Gasteiger partial charge in [0, 0.05) is 18.5 Å². The number of benzene rings is 2. The molecule has 1 unspecified atom stereocenters. The van der Waals surface area contributed by atoms with Crippen molar-refractivity contribution >= 4 is 16.7 Å². The van der Waals surface area contributed by atoms with Crippen molar-refractivity contribution in [1.29, 1.82) is 0 Å². The summed E-state index contributed by atoms with van der Waals surface area (Å²) in [7, 11) is 3.74. The van der Waals surface area contributed by atoms with Gasteiger partial charge in [0.05, 0.1) is 11.4 Å². The minimum absolute atomic E-state index is 0.203. The van der Waals surface area contributed by atoms with E-state index >= 15 is 0 Å². The van der Waals surface area contributed by atoms with Gasteiger partial charge in [-0.3, -0.25) is 9.59 Å². The number of likely N-dealkylation sites (N-methyl/N-ethyl adjacent to an activating group) is 1. The molecule has 1 heterocycles. The minimum Gasteiger partial charge on any atom is -0.349 e. The lowest BCUT2D eigenvalue weighted by Gasteiger charge is -2.25. The van der Waals surface area contributed by atoms with Crippen LogP contribution < -0.4 is 10.9 Å². The molecule has 28 heavy (non-hydrogen) atoms. The van der Waals surface area contributed by atoms with E-state index in [4.69, 9.17) is 0 Å². The second-order valence-electron chi connectivity index (χ2n) is 6.76. The van der Waals surface area contributed by atoms with Crippen LogP contribution in [0.1, 0.15) is 29.0 Å². The van der Waals surface area contributed by atoms with Crippen LogP contribution in [0.3, 0.4) is 0 Å². The Balaban J connectivity index is 1.90. The highest BCUT2D eigenvalue weighted by Gasteiger charge is 2.20. The number of nitrogens with one attached hydrogen (secondary N) is 1. The molecule has 0 saturated carbocycles. The van der Waals surface area contributed by atoms with Crippen LogP contribution in [-0.4, -0.2) is 41.2 Å². The molecule has 6 nitrogen and oxygen atoms in total. The molecule has 0 radical (unpaired) electrons. The Bertz CT molecular complexity index is 1060. The number of nitrogens with zero attached hydrogens (tertiary/aromatic N) is 3. The van der Waals surface area contributed by atoms with Crippen LogP contribution in [0.15, 0.2) is 53.3 Å². The van der Waals surface area contributed by atoms with Crippen LogP contribution in [0.2, 0.25) is 0 Å². The molecule has 0 fully saturated rings. The summed E-state index contributed by atoms with van der Waals surface area (Å²) >= 11 is 0. The van der Waals surface area contributed by atoms with E-state index in [2.05, 4.69) is 10.4 Å². The molecule has 1 N–H and O–H groups in total. The maximum atomic E-state index is 13.6. The molecular formula is C21H23FN4O2. The molecule has 0 aliphatic carbocycles. The summed E-state index contributed by atoms with van der Waals surface area (Å²) in [6.45, 7) is 2.45. The molecule has 1 amide bonds. The SMILES string of the molecule is CCn1nc(C(=O)NCC(c2cccc(F)c2)N(C)C)c2ccccc2c1=O. The summed E-state index contributed by atoms with van der Waals surface area (Å²) in [5, 5.41) is 8.10. The van der Waals surface area contributed by atoms with Crippen LogP contribution in [0.25, 0.3) is 10.8 Å². The maximum Gasteiger partial charge on any atom is 0.274 e. The van der Waals surface area contributed by atoms with Gasteiger partial charge < -0.3 is 10.2 Å². The molecule has 7 heteroatoms. The second-order valence-corrected chi connectivity index (χ2v) is 6.76. The molecule has 0 aliphatic rings. The number of rotatable bonds is 6. The van der Waals surface area contributed by atoms with E-state index in [0.717, 1.165) is 5.56 Å². The third kappa shape index (κ3) is 3.94. The number of amides is 1. The van der Waals surface area contributed by atoms with E-state index in [0.29, 0.717) is 17.3 Å². The molecule has 3 rings (SSSR count). The van der Waals surface area contributed by atoms with Gasteiger partial charge in [-0.1, -0.05) is 30.3 Å². The van der Waals surface area contributed by atoms with Crippen LogP contribution in [-0.2, 0) is 6.54 Å². The zero-order valence-corrected chi connectivity index (χ0v) is 16.1. The Morgan fingerprint density at radius 2 is 1.89 bits per heavy atom. The van der Waals surface area contributed by atoms with Crippen molar-refractivity contribution in [2.75, 3.05) is 20.6 Å². The van der Waals surface area contributed by atoms with Crippen LogP contribution in [0.4, 0.5) is 4.39 Å². The summed E-state index contributed by atoms with van der Waals surface area (Å²) in [4.78, 5) is 27.2. The number of carbonyl (C=O) groups is 1. The van der Waals surface area contributed by atoms with Gasteiger partial charge >= 0.3 is 0 Å². The predicted octanol–water partition coefficient (Wildman–Crippen LogP) is 2.59. The average Bonchev–Trinajstić information content (AvgIpc) is 2.68. The highest BCUT2D eigenvalue weighted by Crippen LogP contribution is 2.19. The summed E-state index contributed by atoms with van der Waals surface area (Å²) in [5.74, 6) is -0.694. The standard InChI is InChI=1S/C21H23FN4O2/c1-4-26-21(28)17-11-6-5-10-16(17)19(24-26)20(27)23-13-18(25(2)3)14-8-7-9-15(22)12-14/h5-12,18H,4,13H2,1-3H3,(H,23,27). The first-order chi connectivity index (χ1) is 13.4. The fourth-order valence-electron chi connectivity index (χ4n) is 3.20. The molecule has 1 aromatic heterocycles. The fourth-order valence-corrected chi connectivity index (χ4v) is 3.20. The largest absolute Gasteiger partial charge is 0.349 e. The molecule has 0 bridgehead atoms. The number of fused-ring (bicyclic) bond motifs is 1. The van der Waals surface area contributed by atoms with E-state index < -0.39 is 0 Å². The van der Waals surface area contributed by atoms with Crippen molar-refractivity contribution < 1.29 is 9.18 Å². The first-order valence-corrected chi connectivity index (χ1v) is 9.12. The van der Waals surface area contributed by atoms with Crippen molar-refractivity contribution in [3.05, 3.63) is 76.0 Å². The predicted molar refractivity (Wildman–Crippen MR) is 107 cm³/mol. The first-order valence-electron chi connectivity index (χ1n) is 9.12. The fraction of sp³-hybridized carbons (Fsp3) is 0.286. The Hall–Kier alpha value is -3.06. The number of aryl methyl sites for hydroxylation is 1. The van der Waals surface area contributed by atoms with Crippen molar-refractivity contribution in [3.63, 3.8) is 0 Å². The van der Waals surface area contributed by atoms with E-state index in [9.17, 15) is 14.0 Å². The molecule has 0 spiro atoms. The number of hydrogen-bond acceptors (Lipinski definition) is 4. The molecule has 0 aliphatic heterocycles. The second kappa shape index (κ2) is 8.31. The van der Waals surface area contributed by atoms with E-state index in [1.807, 2.05) is 25.1 Å². The topological polar surface area (TPSA) is 67.2 Å². The van der Waals surface area contributed by atoms with Gasteiger partial charge in [0.25, 0.3) is 11.5 Å². The quantitative estimate of drug-likeness (QED) is 0.712. The third-order valence-electron chi connectivity index (χ3n) is 4.70. The Kier molecular flexibility index (Phi) is 5.84. The van der Waals surface area contributed by atoms with Crippen LogP contribution in [0, 0.1) is 5.82 Å². The highest BCUT2D eigenvalue weighted by molar-refractivity contribution is 6.04. The lowest BCUT2D eigenvalue weighted by molar-refractivity contribution is 0.0936. The van der Waals surface area contributed by atoms with E-state index in [1.54, 1.807) is 37.3 Å². The number of hydrogen-bond donors (Lipinski definition) is 1. The zero-order chi connectivity index (χ0) is 20.3. The summed E-state index contributed by atoms with van der Waals surface area (Å²) in [6.07, 6.45) is 0. The molecule has 1 atom stereocenters. The lowest BCUT2D eigenvalue weighted by Crippen LogP contribution is -2.36. The van der Waals surface area contributed by atoms with Gasteiger partial charge in [0.2, 0.25) is 0 Å². The van der Waals surface area contributed by atoms with Crippen LogP contribution >= 0.6 is 0 Å². The molecular weight excluding hydrogens is 359 g/mol. The lowest BCUT2D eigenvalue weighted by atomic mass is 10.1. The van der Waals surface area contributed by atoms with Gasteiger partial charge in [0.1, 0.15) is 5.82 Å². The maximum absolute atomic E-state index is 13.6. The van der Waals surface area contributed by atoms with Crippen molar-refractivity contribution in [1.82, 2.24) is 20.0 Å². The smallest absolute Gasteiger partial charge is 0.274 e. The normalized spacial score (nSPS) is 12.3. The van der Waals surface area contributed by atoms with Gasteiger partial charge in [-0.05, 0) is 44.8 Å². The van der Waals surface area contributed by atoms with Gasteiger partial charge in [-0.25, -0.2) is 9.07 Å². The van der Waals surface area contributed by atoms with E-state index in [-0.39, 0.29) is 35.6 Å². The molecule has 2 aromatic carbocycles. The molecule has 0 saturated heterocycles. The Morgan fingerprint density at radius 1 is 1.18 bits per heavy atom. The monoisotopic (exact) mass is 382 g/mol. The first kappa shape index (κ1) is 19.7. The average molecular weight is 382 g/mol. The zero-order valence-electron chi connectivity index (χ0n) is 16.1. The van der Waals surface area contributed by atoms with Crippen molar-refractivity contribution in [2.24, 2.45) is 0 Å². The van der Waals surface area contributed by atoms with Gasteiger partial charge in [-0.15, -0.1) is 0 Å². The molecule has 3 aromatic rings. The minimum atomic E-state index is -0.373. The Labute approximate surface area is 162 Å². The molecule has 146 valence electrons. The number of carbonyl (C=O) groups excluding carboxylic acids is 1. The number of halogens is 1. The van der Waals surface area contributed by atoms with Crippen LogP contribution in [0.5, 0.6) is 0 Å². The van der Waals surface area contributed by atoms with E-state index in [1.165, 1.54) is 16.8 Å².